The molecule has 4 amide bonds. The zero-order chi connectivity index (χ0) is 32.1. The van der Waals surface area contributed by atoms with E-state index < -0.39 is 58.5 Å². The highest BCUT2D eigenvalue weighted by atomic mass is 16.6. The smallest absolute Gasteiger partial charge is 0.408 e. The molecule has 0 aromatic rings. The van der Waals surface area contributed by atoms with Gasteiger partial charge in [0.15, 0.2) is 0 Å². The number of alkyl carbamates (subject to hydrolysis) is 3. The van der Waals surface area contributed by atoms with Gasteiger partial charge in [-0.15, -0.1) is 0 Å². The highest BCUT2D eigenvalue weighted by Gasteiger charge is 2.36. The number of nitrogens with one attached hydrogen (secondary N) is 4. The van der Waals surface area contributed by atoms with Crippen LogP contribution >= 0.6 is 0 Å². The van der Waals surface area contributed by atoms with E-state index >= 15 is 0 Å². The Balaban J connectivity index is 4.88. The number of carboxylic acid groups (broad SMARTS) is 1. The SMILES string of the molecule is CC(C)(C)OC(=O)NCCCC[C@H](NC(=O)OC(C)(C)C)C(=O)NCCCC[C@@](C)(NC(=O)OC(C)(C)C)C(=O)O. The summed E-state index contributed by atoms with van der Waals surface area (Å²) >= 11 is 0. The fourth-order valence-electron chi connectivity index (χ4n) is 3.39. The van der Waals surface area contributed by atoms with E-state index in [0.29, 0.717) is 38.6 Å². The lowest BCUT2D eigenvalue weighted by Gasteiger charge is -2.28. The van der Waals surface area contributed by atoms with Gasteiger partial charge in [-0.2, -0.15) is 0 Å². The molecule has 5 N–H and O–H groups in total. The summed E-state index contributed by atoms with van der Waals surface area (Å²) in [7, 11) is 0. The van der Waals surface area contributed by atoms with Crippen LogP contribution < -0.4 is 21.3 Å². The van der Waals surface area contributed by atoms with Crippen molar-refractivity contribution in [2.45, 2.75) is 136 Å². The number of aliphatic carboxylic acids is 1. The molecule has 0 fully saturated rings. The molecule has 0 aliphatic rings. The van der Waals surface area contributed by atoms with E-state index in [-0.39, 0.29) is 13.0 Å². The van der Waals surface area contributed by atoms with Gasteiger partial charge in [-0.05, 0) is 108 Å². The maximum Gasteiger partial charge on any atom is 0.408 e. The molecule has 0 saturated heterocycles. The highest BCUT2D eigenvalue weighted by Crippen LogP contribution is 2.17. The number of hydrogen-bond acceptors (Lipinski definition) is 8. The maximum absolute atomic E-state index is 12.9. The van der Waals surface area contributed by atoms with E-state index in [1.807, 2.05) is 0 Å². The van der Waals surface area contributed by atoms with Crippen LogP contribution in [0, 0.1) is 0 Å². The third-order valence-electron chi connectivity index (χ3n) is 5.25. The summed E-state index contributed by atoms with van der Waals surface area (Å²) in [6.45, 7) is 17.5. The Kier molecular flexibility index (Phi) is 15.0. The Hall–Kier alpha value is -3.25. The minimum atomic E-state index is -1.54. The summed E-state index contributed by atoms with van der Waals surface area (Å²) in [6, 6.07) is -0.871. The van der Waals surface area contributed by atoms with Gasteiger partial charge in [0.2, 0.25) is 5.91 Å². The van der Waals surface area contributed by atoms with E-state index in [1.165, 1.54) is 6.92 Å². The van der Waals surface area contributed by atoms with Gasteiger partial charge in [0.05, 0.1) is 0 Å². The normalized spacial score (nSPS) is 14.1. The van der Waals surface area contributed by atoms with Crippen molar-refractivity contribution in [3.05, 3.63) is 0 Å². The predicted octanol–water partition coefficient (Wildman–Crippen LogP) is 4.23. The van der Waals surface area contributed by atoms with Crippen LogP contribution in [0.4, 0.5) is 14.4 Å². The number of amides is 4. The number of unbranched alkanes of at least 4 members (excludes halogenated alkanes) is 2. The van der Waals surface area contributed by atoms with E-state index in [4.69, 9.17) is 14.2 Å². The molecule has 0 aliphatic carbocycles. The lowest BCUT2D eigenvalue weighted by atomic mass is 9.95. The van der Waals surface area contributed by atoms with Crippen molar-refractivity contribution in [3.63, 3.8) is 0 Å². The monoisotopic (exact) mass is 588 g/mol. The van der Waals surface area contributed by atoms with Gasteiger partial charge in [-0.1, -0.05) is 0 Å². The summed E-state index contributed by atoms with van der Waals surface area (Å²) in [6.07, 6.45) is 0.235. The fraction of sp³-hybridized carbons (Fsp3) is 0.821. The second-order valence-corrected chi connectivity index (χ2v) is 13.1. The van der Waals surface area contributed by atoms with Crippen LogP contribution in [-0.4, -0.2) is 76.7 Å². The molecule has 2 atom stereocenters. The number of carbonyl (C=O) groups is 5. The van der Waals surface area contributed by atoms with Gasteiger partial charge in [0, 0.05) is 13.1 Å². The third kappa shape index (κ3) is 19.5. The molecule has 0 rings (SSSR count). The van der Waals surface area contributed by atoms with Crippen molar-refractivity contribution in [3.8, 4) is 0 Å². The molecular weight excluding hydrogens is 536 g/mol. The fourth-order valence-corrected chi connectivity index (χ4v) is 3.39. The standard InChI is InChI=1S/C28H52N4O9/c1-25(2,3)39-22(36)30-18-13-11-15-19(31-23(37)40-26(4,5)6)20(33)29-17-14-12-16-28(10,21(34)35)32-24(38)41-27(7,8)9/h19H,11-18H2,1-10H3,(H,29,33)(H,30,36)(H,31,37)(H,32,38)(H,34,35)/t19-,28+/m0/s1. The van der Waals surface area contributed by atoms with Gasteiger partial charge in [0.25, 0.3) is 0 Å². The van der Waals surface area contributed by atoms with Gasteiger partial charge < -0.3 is 40.6 Å². The molecular formula is C28H52N4O9. The van der Waals surface area contributed by atoms with Crippen LogP contribution in [0.25, 0.3) is 0 Å². The molecule has 0 spiro atoms. The van der Waals surface area contributed by atoms with Crippen molar-refractivity contribution in [2.24, 2.45) is 0 Å². The average Bonchev–Trinajstić information content (AvgIpc) is 2.73. The largest absolute Gasteiger partial charge is 0.480 e. The Morgan fingerprint density at radius 3 is 1.61 bits per heavy atom. The first-order valence-electron chi connectivity index (χ1n) is 14.0. The van der Waals surface area contributed by atoms with E-state index in [0.717, 1.165) is 0 Å². The quantitative estimate of drug-likeness (QED) is 0.146. The molecule has 0 aromatic heterocycles. The summed E-state index contributed by atoms with van der Waals surface area (Å²) in [5.74, 6) is -1.61. The van der Waals surface area contributed by atoms with Crippen LogP contribution in [0.2, 0.25) is 0 Å². The molecule has 41 heavy (non-hydrogen) atoms. The average molecular weight is 589 g/mol. The van der Waals surface area contributed by atoms with Crippen molar-refractivity contribution in [1.29, 1.82) is 0 Å². The number of rotatable bonds is 14. The minimum Gasteiger partial charge on any atom is -0.480 e. The molecule has 0 unspecified atom stereocenters. The first-order valence-corrected chi connectivity index (χ1v) is 14.0. The molecule has 0 radical (unpaired) electrons. The third-order valence-corrected chi connectivity index (χ3v) is 5.25. The minimum absolute atomic E-state index is 0.113. The van der Waals surface area contributed by atoms with Gasteiger partial charge in [-0.3, -0.25) is 4.79 Å². The Labute approximate surface area is 244 Å². The summed E-state index contributed by atoms with van der Waals surface area (Å²) in [5.41, 5.74) is -3.66. The van der Waals surface area contributed by atoms with Crippen molar-refractivity contribution in [1.82, 2.24) is 21.3 Å². The molecule has 13 nitrogen and oxygen atoms in total. The van der Waals surface area contributed by atoms with Crippen molar-refractivity contribution in [2.75, 3.05) is 13.1 Å². The molecule has 0 aliphatic heterocycles. The zero-order valence-electron chi connectivity index (χ0n) is 26.4. The van der Waals surface area contributed by atoms with E-state index in [2.05, 4.69) is 21.3 Å². The summed E-state index contributed by atoms with van der Waals surface area (Å²) in [5, 5.41) is 20.1. The predicted molar refractivity (Wildman–Crippen MR) is 154 cm³/mol. The molecule has 0 aromatic carbocycles. The van der Waals surface area contributed by atoms with E-state index in [1.54, 1.807) is 62.3 Å². The molecule has 0 bridgehead atoms. The molecule has 0 heterocycles. The van der Waals surface area contributed by atoms with Crippen LogP contribution in [0.3, 0.4) is 0 Å². The number of carbonyl (C=O) groups excluding carboxylic acids is 4. The Morgan fingerprint density at radius 1 is 0.634 bits per heavy atom. The molecule has 13 heteroatoms. The lowest BCUT2D eigenvalue weighted by Crippen LogP contribution is -2.53. The highest BCUT2D eigenvalue weighted by molar-refractivity contribution is 5.85. The second-order valence-electron chi connectivity index (χ2n) is 13.1. The topological polar surface area (TPSA) is 181 Å². The first kappa shape index (κ1) is 37.8. The molecule has 238 valence electrons. The van der Waals surface area contributed by atoms with Crippen molar-refractivity contribution < 1.29 is 43.3 Å². The van der Waals surface area contributed by atoms with Crippen LogP contribution in [0.1, 0.15) is 108 Å². The van der Waals surface area contributed by atoms with E-state index in [9.17, 15) is 29.1 Å². The van der Waals surface area contributed by atoms with Crippen molar-refractivity contribution >= 4 is 30.2 Å². The first-order chi connectivity index (χ1) is 18.5. The molecule has 0 saturated carbocycles. The maximum atomic E-state index is 12.9. The van der Waals surface area contributed by atoms with Gasteiger partial charge in [-0.25, -0.2) is 19.2 Å². The second kappa shape index (κ2) is 16.3. The lowest BCUT2D eigenvalue weighted by molar-refractivity contribution is -0.144. The Morgan fingerprint density at radius 2 is 1.10 bits per heavy atom. The Bertz CT molecular complexity index is 888. The summed E-state index contributed by atoms with van der Waals surface area (Å²) < 4.78 is 15.6. The van der Waals surface area contributed by atoms with Crippen LogP contribution in [-0.2, 0) is 23.8 Å². The summed E-state index contributed by atoms with van der Waals surface area (Å²) in [4.78, 5) is 60.9. The number of carboxylic acids is 1. The number of hydrogen-bond donors (Lipinski definition) is 5. The van der Waals surface area contributed by atoms with Crippen LogP contribution in [0.5, 0.6) is 0 Å². The zero-order valence-corrected chi connectivity index (χ0v) is 26.4. The van der Waals surface area contributed by atoms with Crippen LogP contribution in [0.15, 0.2) is 0 Å². The van der Waals surface area contributed by atoms with Gasteiger partial charge in [0.1, 0.15) is 28.4 Å². The number of ether oxygens (including phenoxy) is 3. The van der Waals surface area contributed by atoms with Gasteiger partial charge >= 0.3 is 24.2 Å².